The van der Waals surface area contributed by atoms with Gasteiger partial charge in [-0.15, -0.1) is 0 Å². The smallest absolute Gasteiger partial charge is 0.325 e. The summed E-state index contributed by atoms with van der Waals surface area (Å²) in [5.41, 5.74) is 0. The van der Waals surface area contributed by atoms with Crippen LogP contribution in [-0.4, -0.2) is 40.2 Å². The quantitative estimate of drug-likeness (QED) is 0.752. The van der Waals surface area contributed by atoms with Crippen LogP contribution in [0.1, 0.15) is 13.8 Å². The second-order valence-electron chi connectivity index (χ2n) is 5.41. The van der Waals surface area contributed by atoms with E-state index in [0.717, 1.165) is 0 Å². The minimum absolute atomic E-state index is 0.0505. The minimum atomic E-state index is -3.98. The van der Waals surface area contributed by atoms with Crippen LogP contribution < -0.4 is 14.2 Å². The van der Waals surface area contributed by atoms with Gasteiger partial charge in [-0.3, -0.25) is 4.79 Å². The van der Waals surface area contributed by atoms with Crippen LogP contribution in [0, 0.1) is 17.2 Å². The third-order valence-electron chi connectivity index (χ3n) is 3.31. The Labute approximate surface area is 140 Å². The number of carbonyl (C=O) groups excluding carboxylic acids is 1. The number of esters is 1. The van der Waals surface area contributed by atoms with Crippen LogP contribution in [0.25, 0.3) is 0 Å². The van der Waals surface area contributed by atoms with Gasteiger partial charge in [-0.2, -0.15) is 9.98 Å². The van der Waals surface area contributed by atoms with Crippen molar-refractivity contribution in [2.75, 3.05) is 19.8 Å². The largest absolute Gasteiger partial charge is 0.486 e. The number of ether oxygens (including phenoxy) is 3. The summed E-state index contributed by atoms with van der Waals surface area (Å²) in [6.45, 7) is 3.64. The molecule has 130 valence electrons. The van der Waals surface area contributed by atoms with Crippen LogP contribution in [0.2, 0.25) is 0 Å². The van der Waals surface area contributed by atoms with Crippen molar-refractivity contribution in [2.45, 2.75) is 24.8 Å². The van der Waals surface area contributed by atoms with Crippen LogP contribution >= 0.6 is 0 Å². The molecule has 0 spiro atoms. The van der Waals surface area contributed by atoms with E-state index >= 15 is 0 Å². The number of rotatable bonds is 6. The zero-order valence-electron chi connectivity index (χ0n) is 13.3. The predicted molar refractivity (Wildman–Crippen MR) is 83.0 cm³/mol. The molecule has 24 heavy (non-hydrogen) atoms. The molecular weight excluding hydrogens is 336 g/mol. The van der Waals surface area contributed by atoms with Crippen LogP contribution in [0.5, 0.6) is 11.5 Å². The monoisotopic (exact) mass is 354 g/mol. The predicted octanol–water partition coefficient (Wildman–Crippen LogP) is 0.827. The molecule has 1 heterocycles. The molecular formula is C15H18N2O6S. The zero-order chi connectivity index (χ0) is 17.7. The summed E-state index contributed by atoms with van der Waals surface area (Å²) in [5.74, 6) is -0.359. The fraction of sp³-hybridized carbons (Fsp3) is 0.467. The molecule has 0 amide bonds. The first-order chi connectivity index (χ1) is 11.3. The van der Waals surface area contributed by atoms with E-state index in [1.54, 1.807) is 19.9 Å². The summed E-state index contributed by atoms with van der Waals surface area (Å²) in [6, 6.07) is 4.78. The lowest BCUT2D eigenvalue weighted by Gasteiger charge is -2.21. The summed E-state index contributed by atoms with van der Waals surface area (Å²) in [4.78, 5) is 11.9. The molecule has 1 atom stereocenters. The van der Waals surface area contributed by atoms with Crippen LogP contribution in [0.4, 0.5) is 0 Å². The Balaban J connectivity index is 2.22. The molecule has 8 nitrogen and oxygen atoms in total. The van der Waals surface area contributed by atoms with Crippen LogP contribution in [0.3, 0.4) is 0 Å². The summed E-state index contributed by atoms with van der Waals surface area (Å²) in [6.07, 6.45) is 0. The standard InChI is InChI=1S/C15H18N2O6S/c1-10(2)14(15(18)23-6-5-16)17-24(19,20)11-3-4-12-13(9-11)22-8-7-21-12/h3-4,9-10,14,17H,6-8H2,1-2H3/t14-/m1/s1. The average Bonchev–Trinajstić information content (AvgIpc) is 2.56. The Morgan fingerprint density at radius 1 is 1.33 bits per heavy atom. The van der Waals surface area contributed by atoms with E-state index in [4.69, 9.17) is 19.5 Å². The van der Waals surface area contributed by atoms with Gasteiger partial charge in [0.25, 0.3) is 0 Å². The number of hydrogen-bond acceptors (Lipinski definition) is 7. The van der Waals surface area contributed by atoms with Crippen LogP contribution in [0.15, 0.2) is 23.1 Å². The molecule has 0 unspecified atom stereocenters. The highest BCUT2D eigenvalue weighted by atomic mass is 32.2. The third kappa shape index (κ3) is 4.15. The van der Waals surface area contributed by atoms with Gasteiger partial charge in [-0.05, 0) is 18.1 Å². The van der Waals surface area contributed by atoms with E-state index in [0.29, 0.717) is 24.7 Å². The Morgan fingerprint density at radius 2 is 2.00 bits per heavy atom. The van der Waals surface area contributed by atoms with E-state index in [1.165, 1.54) is 18.2 Å². The summed E-state index contributed by atoms with van der Waals surface area (Å²) in [5, 5.41) is 8.47. The van der Waals surface area contributed by atoms with Gasteiger partial charge in [-0.1, -0.05) is 13.8 Å². The second-order valence-corrected chi connectivity index (χ2v) is 7.13. The number of nitrogens with one attached hydrogen (secondary N) is 1. The van der Waals surface area contributed by atoms with Crippen molar-refractivity contribution in [3.05, 3.63) is 18.2 Å². The van der Waals surface area contributed by atoms with E-state index < -0.39 is 28.6 Å². The molecule has 9 heteroatoms. The summed E-state index contributed by atoms with van der Waals surface area (Å²) in [7, 11) is -3.98. The average molecular weight is 354 g/mol. The molecule has 1 N–H and O–H groups in total. The van der Waals surface area contributed by atoms with Crippen molar-refractivity contribution in [3.8, 4) is 17.6 Å². The van der Waals surface area contributed by atoms with Gasteiger partial charge < -0.3 is 14.2 Å². The van der Waals surface area contributed by atoms with E-state index in [-0.39, 0.29) is 10.8 Å². The lowest BCUT2D eigenvalue weighted by molar-refractivity contribution is -0.145. The van der Waals surface area contributed by atoms with Crippen LogP contribution in [-0.2, 0) is 19.6 Å². The number of hydrogen-bond donors (Lipinski definition) is 1. The fourth-order valence-corrected chi connectivity index (χ4v) is 3.42. The minimum Gasteiger partial charge on any atom is -0.486 e. The number of nitrogens with zero attached hydrogens (tertiary/aromatic N) is 1. The molecule has 1 aromatic carbocycles. The van der Waals surface area contributed by atoms with Crippen molar-refractivity contribution in [3.63, 3.8) is 0 Å². The Kier molecular flexibility index (Phi) is 5.64. The highest BCUT2D eigenvalue weighted by molar-refractivity contribution is 7.89. The number of nitriles is 1. The molecule has 0 radical (unpaired) electrons. The topological polar surface area (TPSA) is 115 Å². The molecule has 1 aromatic rings. The number of fused-ring (bicyclic) bond motifs is 1. The molecule has 0 aliphatic carbocycles. The Hall–Kier alpha value is -2.31. The Morgan fingerprint density at radius 3 is 2.62 bits per heavy atom. The normalized spacial score (nSPS) is 14.8. The molecule has 0 bridgehead atoms. The lowest BCUT2D eigenvalue weighted by atomic mass is 10.1. The van der Waals surface area contributed by atoms with E-state index in [2.05, 4.69) is 4.72 Å². The van der Waals surface area contributed by atoms with Gasteiger partial charge in [0.05, 0.1) is 4.90 Å². The Bertz CT molecular complexity index is 754. The number of benzene rings is 1. The number of sulfonamides is 1. The van der Waals surface area contributed by atoms with E-state index in [1.807, 2.05) is 0 Å². The second kappa shape index (κ2) is 7.51. The summed E-state index contributed by atoms with van der Waals surface area (Å²) >= 11 is 0. The van der Waals surface area contributed by atoms with Gasteiger partial charge in [-0.25, -0.2) is 8.42 Å². The highest BCUT2D eigenvalue weighted by Crippen LogP contribution is 2.32. The van der Waals surface area contributed by atoms with Gasteiger partial charge >= 0.3 is 5.97 Å². The fourth-order valence-electron chi connectivity index (χ4n) is 2.08. The van der Waals surface area contributed by atoms with Gasteiger partial charge in [0.15, 0.2) is 18.1 Å². The molecule has 0 saturated heterocycles. The van der Waals surface area contributed by atoms with Crippen molar-refractivity contribution in [1.82, 2.24) is 4.72 Å². The molecule has 0 fully saturated rings. The molecule has 1 aliphatic heterocycles. The first kappa shape index (κ1) is 18.0. The van der Waals surface area contributed by atoms with Crippen molar-refractivity contribution in [2.24, 2.45) is 5.92 Å². The maximum Gasteiger partial charge on any atom is 0.325 e. The zero-order valence-corrected chi connectivity index (χ0v) is 14.1. The molecule has 0 aromatic heterocycles. The number of carbonyl (C=O) groups is 1. The lowest BCUT2D eigenvalue weighted by Crippen LogP contribution is -2.45. The van der Waals surface area contributed by atoms with E-state index in [9.17, 15) is 13.2 Å². The van der Waals surface area contributed by atoms with Crippen molar-refractivity contribution >= 4 is 16.0 Å². The maximum atomic E-state index is 12.5. The van der Waals surface area contributed by atoms with Gasteiger partial charge in [0, 0.05) is 6.07 Å². The summed E-state index contributed by atoms with van der Waals surface area (Å²) < 4.78 is 42.8. The van der Waals surface area contributed by atoms with Gasteiger partial charge in [0.2, 0.25) is 10.0 Å². The first-order valence-electron chi connectivity index (χ1n) is 7.30. The van der Waals surface area contributed by atoms with Crippen molar-refractivity contribution in [1.29, 1.82) is 5.26 Å². The van der Waals surface area contributed by atoms with Gasteiger partial charge in [0.1, 0.15) is 25.3 Å². The highest BCUT2D eigenvalue weighted by Gasteiger charge is 2.30. The SMILES string of the molecule is CC(C)[C@@H](NS(=O)(=O)c1ccc2c(c1)OCCO2)C(=O)OCC#N. The molecule has 0 saturated carbocycles. The molecule has 1 aliphatic rings. The van der Waals surface area contributed by atoms with Crippen molar-refractivity contribution < 1.29 is 27.4 Å². The third-order valence-corrected chi connectivity index (χ3v) is 4.74. The maximum absolute atomic E-state index is 12.5. The first-order valence-corrected chi connectivity index (χ1v) is 8.79. The molecule has 2 rings (SSSR count).